The average Bonchev–Trinajstić information content (AvgIpc) is 3.14. The second-order valence-electron chi connectivity index (χ2n) is 7.57. The van der Waals surface area contributed by atoms with E-state index in [-0.39, 0.29) is 0 Å². The van der Waals surface area contributed by atoms with E-state index >= 15 is 0 Å². The van der Waals surface area contributed by atoms with Gasteiger partial charge in [-0.15, -0.1) is 0 Å². The molecule has 0 fully saturated rings. The van der Waals surface area contributed by atoms with Crippen LogP contribution in [0.2, 0.25) is 0 Å². The van der Waals surface area contributed by atoms with Gasteiger partial charge in [-0.25, -0.2) is 4.79 Å². The maximum atomic E-state index is 12.3. The molecule has 7 heteroatoms. The number of ether oxygens (including phenoxy) is 1. The van der Waals surface area contributed by atoms with Crippen molar-refractivity contribution in [3.8, 4) is 11.1 Å². The molecule has 0 atom stereocenters. The van der Waals surface area contributed by atoms with E-state index in [2.05, 4.69) is 33.2 Å². The molecule has 3 aromatic rings. The summed E-state index contributed by atoms with van der Waals surface area (Å²) in [4.78, 5) is 12.3. The third-order valence-electron chi connectivity index (χ3n) is 5.72. The first-order valence-electron chi connectivity index (χ1n) is 10.1. The van der Waals surface area contributed by atoms with Crippen LogP contribution < -0.4 is 0 Å². The normalized spacial score (nSPS) is 14.6. The van der Waals surface area contributed by atoms with Crippen molar-refractivity contribution in [1.82, 2.24) is 14.3 Å². The van der Waals surface area contributed by atoms with Gasteiger partial charge in [-0.05, 0) is 38.2 Å². The van der Waals surface area contributed by atoms with Crippen molar-refractivity contribution < 1.29 is 14.6 Å². The SMILES string of the molecule is Cc1nn(C)c2c1-c1cccc3c(CCCBr)c(C(=O)O)n(c13)CCCCOC2. The molecule has 0 radical (unpaired) electrons. The van der Waals surface area contributed by atoms with Crippen molar-refractivity contribution >= 4 is 32.8 Å². The van der Waals surface area contributed by atoms with Crippen molar-refractivity contribution in [3.05, 3.63) is 40.8 Å². The van der Waals surface area contributed by atoms with Gasteiger partial charge in [0.05, 0.1) is 23.5 Å². The standard InChI is InChI=1S/C22H26BrN3O3/c1-14-19-17-8-5-7-15-16(9-6-10-23)21(22(27)28)26(20(15)17)11-3-4-12-29-13-18(19)25(2)24-14/h5,7-8H,3-4,6,9-13H2,1-2H3,(H,27,28). The number of aromatic nitrogens is 3. The molecule has 6 nitrogen and oxygen atoms in total. The molecule has 1 aliphatic rings. The first-order valence-corrected chi connectivity index (χ1v) is 11.2. The number of aryl methyl sites for hydroxylation is 4. The number of hydrogen-bond donors (Lipinski definition) is 1. The molecule has 0 saturated heterocycles. The highest BCUT2D eigenvalue weighted by Gasteiger charge is 2.26. The third-order valence-corrected chi connectivity index (χ3v) is 6.28. The molecule has 1 aliphatic heterocycles. The molecule has 0 saturated carbocycles. The van der Waals surface area contributed by atoms with Gasteiger partial charge in [0.1, 0.15) is 5.69 Å². The summed E-state index contributed by atoms with van der Waals surface area (Å²) in [5.41, 5.74) is 6.44. The monoisotopic (exact) mass is 459 g/mol. The highest BCUT2D eigenvalue weighted by molar-refractivity contribution is 9.09. The molecule has 154 valence electrons. The lowest BCUT2D eigenvalue weighted by molar-refractivity contribution is 0.0684. The summed E-state index contributed by atoms with van der Waals surface area (Å²) in [5.74, 6) is -0.856. The summed E-state index contributed by atoms with van der Waals surface area (Å²) in [6, 6.07) is 6.18. The Hall–Kier alpha value is -2.12. The lowest BCUT2D eigenvalue weighted by atomic mass is 9.98. The highest BCUT2D eigenvalue weighted by Crippen LogP contribution is 2.38. The Balaban J connectivity index is 2.08. The molecular formula is C22H26BrN3O3. The summed E-state index contributed by atoms with van der Waals surface area (Å²) in [6.07, 6.45) is 3.41. The van der Waals surface area contributed by atoms with Crippen LogP contribution in [0.4, 0.5) is 0 Å². The number of carboxylic acids is 1. The molecular weight excluding hydrogens is 434 g/mol. The van der Waals surface area contributed by atoms with Crippen molar-refractivity contribution in [2.75, 3.05) is 11.9 Å². The van der Waals surface area contributed by atoms with Gasteiger partial charge >= 0.3 is 5.97 Å². The zero-order chi connectivity index (χ0) is 20.5. The van der Waals surface area contributed by atoms with Gasteiger partial charge in [0.15, 0.2) is 0 Å². The van der Waals surface area contributed by atoms with Crippen LogP contribution in [0.5, 0.6) is 0 Å². The Morgan fingerprint density at radius 2 is 2.17 bits per heavy atom. The topological polar surface area (TPSA) is 69.3 Å². The largest absolute Gasteiger partial charge is 0.477 e. The smallest absolute Gasteiger partial charge is 0.352 e. The van der Waals surface area contributed by atoms with Crippen molar-refractivity contribution in [3.63, 3.8) is 0 Å². The Morgan fingerprint density at radius 3 is 2.93 bits per heavy atom. The number of rotatable bonds is 4. The van der Waals surface area contributed by atoms with Gasteiger partial charge in [0, 0.05) is 42.0 Å². The summed E-state index contributed by atoms with van der Waals surface area (Å²) in [6.45, 7) is 3.84. The minimum atomic E-state index is -0.856. The van der Waals surface area contributed by atoms with Crippen molar-refractivity contribution in [2.45, 2.75) is 45.8 Å². The minimum absolute atomic E-state index is 0.427. The highest BCUT2D eigenvalue weighted by atomic mass is 79.9. The number of para-hydroxylation sites is 1. The van der Waals surface area contributed by atoms with Gasteiger partial charge in [0.2, 0.25) is 0 Å². The zero-order valence-corrected chi connectivity index (χ0v) is 18.5. The molecule has 29 heavy (non-hydrogen) atoms. The second-order valence-corrected chi connectivity index (χ2v) is 8.36. The Kier molecular flexibility index (Phi) is 5.79. The Morgan fingerprint density at radius 1 is 1.34 bits per heavy atom. The maximum absolute atomic E-state index is 12.3. The quantitative estimate of drug-likeness (QED) is 0.574. The van der Waals surface area contributed by atoms with Gasteiger partial charge in [-0.2, -0.15) is 5.10 Å². The van der Waals surface area contributed by atoms with E-state index in [4.69, 9.17) is 4.74 Å². The van der Waals surface area contributed by atoms with E-state index in [1.54, 1.807) is 0 Å². The van der Waals surface area contributed by atoms with Gasteiger partial charge < -0.3 is 14.4 Å². The third kappa shape index (κ3) is 3.51. The van der Waals surface area contributed by atoms with Crippen LogP contribution in [-0.2, 0) is 31.4 Å². The van der Waals surface area contributed by atoms with Crippen LogP contribution in [0.1, 0.15) is 46.7 Å². The lowest BCUT2D eigenvalue weighted by Crippen LogP contribution is -2.11. The van der Waals surface area contributed by atoms with Gasteiger partial charge in [0.25, 0.3) is 0 Å². The molecule has 0 aliphatic carbocycles. The number of carbonyl (C=O) groups is 1. The summed E-state index contributed by atoms with van der Waals surface area (Å²) in [7, 11) is 1.94. The summed E-state index contributed by atoms with van der Waals surface area (Å²) >= 11 is 3.49. The molecule has 4 rings (SSSR count). The van der Waals surface area contributed by atoms with Crippen LogP contribution >= 0.6 is 15.9 Å². The lowest BCUT2D eigenvalue weighted by Gasteiger charge is -2.12. The molecule has 0 amide bonds. The summed E-state index contributed by atoms with van der Waals surface area (Å²) in [5, 5.41) is 16.6. The van der Waals surface area contributed by atoms with E-state index in [1.807, 2.05) is 29.3 Å². The molecule has 3 heterocycles. The van der Waals surface area contributed by atoms with Crippen molar-refractivity contribution in [2.24, 2.45) is 7.05 Å². The number of carboxylic acid groups (broad SMARTS) is 1. The molecule has 2 aromatic heterocycles. The number of fused-ring (bicyclic) bond motifs is 2. The number of hydrogen-bond acceptors (Lipinski definition) is 3. The number of nitrogens with zero attached hydrogens (tertiary/aromatic N) is 3. The Bertz CT molecular complexity index is 1070. The second kappa shape index (κ2) is 8.32. The first-order chi connectivity index (χ1) is 14.0. The van der Waals surface area contributed by atoms with E-state index in [0.29, 0.717) is 25.5 Å². The van der Waals surface area contributed by atoms with Crippen LogP contribution in [0.15, 0.2) is 18.2 Å². The number of benzene rings is 1. The number of alkyl halides is 1. The minimum Gasteiger partial charge on any atom is -0.477 e. The number of halogens is 1. The molecule has 1 aromatic carbocycles. The molecule has 1 N–H and O–H groups in total. The van der Waals surface area contributed by atoms with Crippen LogP contribution in [-0.4, -0.2) is 37.4 Å². The van der Waals surface area contributed by atoms with E-state index in [0.717, 1.165) is 70.0 Å². The zero-order valence-electron chi connectivity index (χ0n) is 16.9. The predicted octanol–water partition coefficient (Wildman–Crippen LogP) is 4.69. The van der Waals surface area contributed by atoms with Crippen LogP contribution in [0, 0.1) is 6.92 Å². The van der Waals surface area contributed by atoms with E-state index < -0.39 is 5.97 Å². The molecule has 0 spiro atoms. The number of aromatic carboxylic acids is 1. The molecule has 0 unspecified atom stereocenters. The maximum Gasteiger partial charge on any atom is 0.352 e. The van der Waals surface area contributed by atoms with Crippen LogP contribution in [0.3, 0.4) is 0 Å². The van der Waals surface area contributed by atoms with Gasteiger partial charge in [-0.1, -0.05) is 34.1 Å². The fourth-order valence-electron chi connectivity index (χ4n) is 4.51. The van der Waals surface area contributed by atoms with E-state index in [9.17, 15) is 9.90 Å². The van der Waals surface area contributed by atoms with Crippen LogP contribution in [0.25, 0.3) is 22.0 Å². The van der Waals surface area contributed by atoms with E-state index in [1.165, 1.54) is 0 Å². The summed E-state index contributed by atoms with van der Waals surface area (Å²) < 4.78 is 9.83. The first kappa shape index (κ1) is 20.2. The van der Waals surface area contributed by atoms with Crippen molar-refractivity contribution in [1.29, 1.82) is 0 Å². The fraction of sp³-hybridized carbons (Fsp3) is 0.455. The average molecular weight is 460 g/mol. The predicted molar refractivity (Wildman–Crippen MR) is 117 cm³/mol. The molecule has 0 bridgehead atoms. The fourth-order valence-corrected chi connectivity index (χ4v) is 4.79. The Labute approximate surface area is 178 Å². The van der Waals surface area contributed by atoms with Gasteiger partial charge in [-0.3, -0.25) is 4.68 Å².